The van der Waals surface area contributed by atoms with Crippen LogP contribution in [0, 0.1) is 5.92 Å². The minimum absolute atomic E-state index is 0.00351. The van der Waals surface area contributed by atoms with Crippen LogP contribution in [0.4, 0.5) is 0 Å². The molecule has 3 nitrogen and oxygen atoms in total. The van der Waals surface area contributed by atoms with Crippen LogP contribution in [0.3, 0.4) is 0 Å². The van der Waals surface area contributed by atoms with Crippen LogP contribution in [0.1, 0.15) is 13.8 Å². The second kappa shape index (κ2) is 6.53. The first-order valence-corrected chi connectivity index (χ1v) is 5.78. The molecule has 0 aliphatic heterocycles. The van der Waals surface area contributed by atoms with Gasteiger partial charge in [-0.2, -0.15) is 0 Å². The lowest BCUT2D eigenvalue weighted by Gasteiger charge is -2.29. The molecule has 0 aliphatic carbocycles. The smallest absolute Gasteiger partial charge is 0.149 e. The Morgan fingerprint density at radius 1 is 1.50 bits per heavy atom. The molecule has 0 aromatic carbocycles. The molecule has 0 radical (unpaired) electrons. The third kappa shape index (κ3) is 4.06. The first kappa shape index (κ1) is 14.1. The van der Waals surface area contributed by atoms with E-state index in [1.807, 2.05) is 17.1 Å². The van der Waals surface area contributed by atoms with Crippen LogP contribution in [0.25, 0.3) is 0 Å². The molecule has 0 rings (SSSR count). The lowest BCUT2D eigenvalue weighted by Crippen LogP contribution is -2.46. The van der Waals surface area contributed by atoms with Crippen molar-refractivity contribution in [2.24, 2.45) is 5.92 Å². The van der Waals surface area contributed by atoms with Crippen molar-refractivity contribution in [2.45, 2.75) is 26.0 Å². The van der Waals surface area contributed by atoms with E-state index >= 15 is 0 Å². The van der Waals surface area contributed by atoms with Gasteiger partial charge in [-0.05, 0) is 25.1 Å². The molecule has 0 bridgehead atoms. The fourth-order valence-electron chi connectivity index (χ4n) is 1.43. The van der Waals surface area contributed by atoms with Crippen molar-refractivity contribution < 1.29 is 9.90 Å². The van der Waals surface area contributed by atoms with Gasteiger partial charge in [-0.25, -0.2) is 0 Å². The van der Waals surface area contributed by atoms with Gasteiger partial charge in [0.05, 0.1) is 12.1 Å². The fraction of sp³-hybridized carbons (Fsp3) is 0.700. The molecule has 0 fully saturated rings. The Kier molecular flexibility index (Phi) is 6.55. The van der Waals surface area contributed by atoms with E-state index < -0.39 is 12.1 Å². The molecule has 14 heavy (non-hydrogen) atoms. The minimum atomic E-state index is -0.645. The van der Waals surface area contributed by atoms with E-state index in [9.17, 15) is 9.90 Å². The number of carbonyl (C=O) groups is 1. The van der Waals surface area contributed by atoms with Crippen molar-refractivity contribution >= 4 is 28.4 Å². The zero-order valence-corrected chi connectivity index (χ0v) is 11.2. The summed E-state index contributed by atoms with van der Waals surface area (Å²) in [4.78, 5) is 13.1. The number of halogens is 1. The van der Waals surface area contributed by atoms with E-state index in [1.54, 1.807) is 19.0 Å². The highest BCUT2D eigenvalue weighted by Gasteiger charge is 2.28. The summed E-state index contributed by atoms with van der Waals surface area (Å²) in [5, 5.41) is 9.93. The minimum Gasteiger partial charge on any atom is -0.390 e. The zero-order valence-electron chi connectivity index (χ0n) is 9.07. The van der Waals surface area contributed by atoms with E-state index in [4.69, 9.17) is 0 Å². The number of aliphatic hydroxyl groups excluding tert-OH is 1. The summed E-state index contributed by atoms with van der Waals surface area (Å²) in [7, 11) is 3.60. The highest BCUT2D eigenvalue weighted by Crippen LogP contribution is 2.14. The van der Waals surface area contributed by atoms with Crippen molar-refractivity contribution in [1.29, 1.82) is 0 Å². The average Bonchev–Trinajstić information content (AvgIpc) is 2.03. The summed E-state index contributed by atoms with van der Waals surface area (Å²) in [6.45, 7) is 3.41. The molecule has 0 heterocycles. The van der Waals surface area contributed by atoms with Crippen molar-refractivity contribution in [1.82, 2.24) is 4.90 Å². The number of carbonyl (C=O) groups excluding carboxylic acids is 1. The summed E-state index contributed by atoms with van der Waals surface area (Å²) >= 11 is 2.10. The quantitative estimate of drug-likeness (QED) is 0.781. The van der Waals surface area contributed by atoms with Gasteiger partial charge >= 0.3 is 0 Å². The van der Waals surface area contributed by atoms with Crippen LogP contribution >= 0.6 is 22.6 Å². The number of Topliss-reactive ketones (excluding diaryl/α,β-unsaturated/α-hetero) is 1. The zero-order chi connectivity index (χ0) is 11.3. The molecule has 0 aliphatic rings. The van der Waals surface area contributed by atoms with Gasteiger partial charge in [0.2, 0.25) is 0 Å². The number of aliphatic hydroxyl groups is 1. The first-order valence-electron chi connectivity index (χ1n) is 4.53. The molecule has 3 atom stereocenters. The summed E-state index contributed by atoms with van der Waals surface area (Å²) < 4.78 is 1.86. The van der Waals surface area contributed by atoms with Crippen molar-refractivity contribution in [3.05, 3.63) is 10.2 Å². The van der Waals surface area contributed by atoms with E-state index in [1.165, 1.54) is 6.92 Å². The number of nitrogens with zero attached hydrogens (tertiary/aromatic N) is 1. The number of hydrogen-bond donors (Lipinski definition) is 1. The van der Waals surface area contributed by atoms with E-state index in [2.05, 4.69) is 22.6 Å². The second-order valence-corrected chi connectivity index (χ2v) is 4.41. The molecule has 0 spiro atoms. The molecule has 0 saturated carbocycles. The van der Waals surface area contributed by atoms with Crippen LogP contribution in [0.5, 0.6) is 0 Å². The molecular weight excluding hydrogens is 293 g/mol. The Morgan fingerprint density at radius 2 is 2.00 bits per heavy atom. The molecule has 0 saturated heterocycles. The number of hydrogen-bond acceptors (Lipinski definition) is 3. The molecule has 0 unspecified atom stereocenters. The van der Waals surface area contributed by atoms with Crippen LogP contribution < -0.4 is 0 Å². The number of likely N-dealkylation sites (N-methyl/N-ethyl adjacent to an activating group) is 1. The van der Waals surface area contributed by atoms with Crippen molar-refractivity contribution in [3.63, 3.8) is 0 Å². The lowest BCUT2D eigenvalue weighted by atomic mass is 9.95. The largest absolute Gasteiger partial charge is 0.390 e. The average molecular weight is 311 g/mol. The number of rotatable bonds is 5. The standard InChI is InChI=1S/C10H18INO2/c1-7(5-6-11)10(14)9(8(2)13)12(3)4/h5-7,9-10,14H,1-4H3/b6-5+/t7-,9-,10-/m1/s1. The van der Waals surface area contributed by atoms with Crippen molar-refractivity contribution in [3.8, 4) is 0 Å². The van der Waals surface area contributed by atoms with E-state index in [0.29, 0.717) is 0 Å². The Balaban J connectivity index is 4.59. The van der Waals surface area contributed by atoms with Gasteiger partial charge in [0, 0.05) is 5.92 Å². The molecule has 4 heteroatoms. The maximum atomic E-state index is 11.3. The molecule has 0 amide bonds. The van der Waals surface area contributed by atoms with Gasteiger partial charge in [-0.15, -0.1) is 0 Å². The topological polar surface area (TPSA) is 40.5 Å². The Hall–Kier alpha value is 0.0600. The van der Waals surface area contributed by atoms with Crippen LogP contribution in [0.15, 0.2) is 10.2 Å². The Labute approximate surface area is 99.3 Å². The molecule has 82 valence electrons. The SMILES string of the molecule is CC(=O)[C@H]([C@H](O)[C@H](C)/C=C/I)N(C)C. The monoisotopic (exact) mass is 311 g/mol. The highest BCUT2D eigenvalue weighted by molar-refractivity contribution is 14.1. The molecular formula is C10H18INO2. The maximum Gasteiger partial charge on any atom is 0.149 e. The van der Waals surface area contributed by atoms with Crippen molar-refractivity contribution in [2.75, 3.05) is 14.1 Å². The molecule has 1 N–H and O–H groups in total. The Morgan fingerprint density at radius 3 is 2.29 bits per heavy atom. The third-order valence-electron chi connectivity index (χ3n) is 2.21. The highest BCUT2D eigenvalue weighted by atomic mass is 127. The number of ketones is 1. The summed E-state index contributed by atoms with van der Waals surface area (Å²) in [5.41, 5.74) is 0. The van der Waals surface area contributed by atoms with Gasteiger partial charge < -0.3 is 5.11 Å². The van der Waals surface area contributed by atoms with Gasteiger partial charge in [0.25, 0.3) is 0 Å². The third-order valence-corrected chi connectivity index (χ3v) is 2.63. The van der Waals surface area contributed by atoms with E-state index in [0.717, 1.165) is 0 Å². The summed E-state index contributed by atoms with van der Waals surface area (Å²) in [6.07, 6.45) is 1.25. The fourth-order valence-corrected chi connectivity index (χ4v) is 2.08. The predicted octanol–water partition coefficient (Wildman–Crippen LogP) is 1.45. The van der Waals surface area contributed by atoms with Crippen LogP contribution in [-0.4, -0.2) is 42.0 Å². The van der Waals surface area contributed by atoms with E-state index in [-0.39, 0.29) is 11.7 Å². The summed E-state index contributed by atoms with van der Waals surface area (Å²) in [5.74, 6) is -0.0144. The Bertz CT molecular complexity index is 216. The van der Waals surface area contributed by atoms with Crippen LogP contribution in [-0.2, 0) is 4.79 Å². The second-order valence-electron chi connectivity index (χ2n) is 3.69. The lowest BCUT2D eigenvalue weighted by molar-refractivity contribution is -0.125. The van der Waals surface area contributed by atoms with Gasteiger partial charge in [-0.3, -0.25) is 9.69 Å². The maximum absolute atomic E-state index is 11.3. The van der Waals surface area contributed by atoms with Gasteiger partial charge in [0.1, 0.15) is 5.78 Å². The van der Waals surface area contributed by atoms with Crippen LogP contribution in [0.2, 0.25) is 0 Å². The van der Waals surface area contributed by atoms with Gasteiger partial charge in [-0.1, -0.05) is 35.6 Å². The summed E-state index contributed by atoms with van der Waals surface area (Å²) in [6, 6.07) is -0.419. The first-order chi connectivity index (χ1) is 6.41. The normalized spacial score (nSPS) is 18.5. The predicted molar refractivity (Wildman–Crippen MR) is 66.5 cm³/mol. The van der Waals surface area contributed by atoms with Gasteiger partial charge in [0.15, 0.2) is 0 Å². The molecule has 0 aromatic heterocycles. The molecule has 0 aromatic rings.